The highest BCUT2D eigenvalue weighted by Gasteiger charge is 2.28. The summed E-state index contributed by atoms with van der Waals surface area (Å²) >= 11 is 0. The lowest BCUT2D eigenvalue weighted by Crippen LogP contribution is -2.41. The SMILES string of the molecule is CNC1CCN(c2cc(-c3cccc(-c4cnc5ccc(N6CCCC6c6cccc(F)c6)nn45)n3)ccn2)CC1. The quantitative estimate of drug-likeness (QED) is 0.299. The first kappa shape index (κ1) is 25.6. The fourth-order valence-electron chi connectivity index (χ4n) is 6.18. The van der Waals surface area contributed by atoms with E-state index >= 15 is 0 Å². The largest absolute Gasteiger partial charge is 0.356 e. The maximum atomic E-state index is 14.0. The van der Waals surface area contributed by atoms with Crippen molar-refractivity contribution in [3.8, 4) is 22.6 Å². The van der Waals surface area contributed by atoms with Crippen LogP contribution >= 0.6 is 0 Å². The van der Waals surface area contributed by atoms with Gasteiger partial charge >= 0.3 is 0 Å². The number of anilines is 2. The molecule has 1 N–H and O–H groups in total. The third kappa shape index (κ3) is 5.02. The Balaban J connectivity index is 1.19. The van der Waals surface area contributed by atoms with E-state index in [0.29, 0.717) is 6.04 Å². The number of aromatic nitrogens is 5. The van der Waals surface area contributed by atoms with Crippen molar-refractivity contribution in [3.63, 3.8) is 0 Å². The predicted molar refractivity (Wildman–Crippen MR) is 159 cm³/mol. The van der Waals surface area contributed by atoms with Gasteiger partial charge in [0, 0.05) is 37.4 Å². The minimum Gasteiger partial charge on any atom is -0.356 e. The number of benzene rings is 1. The van der Waals surface area contributed by atoms with E-state index < -0.39 is 0 Å². The molecule has 0 radical (unpaired) electrons. The molecule has 2 aliphatic rings. The number of hydrogen-bond donors (Lipinski definition) is 1. The van der Waals surface area contributed by atoms with E-state index in [9.17, 15) is 4.39 Å². The molecule has 2 saturated heterocycles. The van der Waals surface area contributed by atoms with E-state index in [2.05, 4.69) is 31.2 Å². The van der Waals surface area contributed by atoms with E-state index in [4.69, 9.17) is 10.1 Å². The normalized spacial score (nSPS) is 18.0. The first-order chi connectivity index (χ1) is 20.2. The maximum Gasteiger partial charge on any atom is 0.154 e. The third-order valence-electron chi connectivity index (χ3n) is 8.41. The van der Waals surface area contributed by atoms with Crippen LogP contribution in [0.25, 0.3) is 28.3 Å². The molecule has 1 atom stereocenters. The molecule has 0 bridgehead atoms. The van der Waals surface area contributed by atoms with Crippen LogP contribution in [-0.2, 0) is 0 Å². The van der Waals surface area contributed by atoms with Crippen molar-refractivity contribution in [1.29, 1.82) is 0 Å². The molecule has 41 heavy (non-hydrogen) atoms. The van der Waals surface area contributed by atoms with E-state index in [1.165, 1.54) is 6.07 Å². The average Bonchev–Trinajstić information content (AvgIpc) is 3.69. The van der Waals surface area contributed by atoms with Crippen LogP contribution in [-0.4, -0.2) is 57.3 Å². The van der Waals surface area contributed by atoms with Gasteiger partial charge in [-0.2, -0.15) is 0 Å². The monoisotopic (exact) mass is 548 g/mol. The molecule has 2 fully saturated rings. The molecule has 9 heteroatoms. The lowest BCUT2D eigenvalue weighted by Gasteiger charge is -2.32. The van der Waals surface area contributed by atoms with Crippen molar-refractivity contribution in [2.75, 3.05) is 36.5 Å². The van der Waals surface area contributed by atoms with E-state index in [0.717, 1.165) is 90.8 Å². The fourth-order valence-corrected chi connectivity index (χ4v) is 6.18. The summed E-state index contributed by atoms with van der Waals surface area (Å²) in [7, 11) is 2.04. The Labute approximate surface area is 238 Å². The van der Waals surface area contributed by atoms with Crippen LogP contribution in [0.3, 0.4) is 0 Å². The Hall–Kier alpha value is -4.37. The molecular weight excluding hydrogens is 515 g/mol. The summed E-state index contributed by atoms with van der Waals surface area (Å²) in [5, 5.41) is 8.40. The van der Waals surface area contributed by atoms with Crippen molar-refractivity contribution >= 4 is 17.3 Å². The number of halogens is 1. The number of fused-ring (bicyclic) bond motifs is 1. The minimum absolute atomic E-state index is 0.0917. The van der Waals surface area contributed by atoms with Gasteiger partial charge in [-0.05, 0) is 86.8 Å². The van der Waals surface area contributed by atoms with Crippen molar-refractivity contribution < 1.29 is 4.39 Å². The van der Waals surface area contributed by atoms with Gasteiger partial charge in [-0.15, -0.1) is 5.10 Å². The summed E-state index contributed by atoms with van der Waals surface area (Å²) in [5.41, 5.74) is 5.28. The Kier molecular flexibility index (Phi) is 6.80. The lowest BCUT2D eigenvalue weighted by molar-refractivity contribution is 0.441. The second-order valence-corrected chi connectivity index (χ2v) is 10.9. The van der Waals surface area contributed by atoms with E-state index in [1.54, 1.807) is 12.1 Å². The molecule has 5 aromatic rings. The first-order valence-corrected chi connectivity index (χ1v) is 14.4. The van der Waals surface area contributed by atoms with Gasteiger partial charge in [-0.3, -0.25) is 0 Å². The third-order valence-corrected chi connectivity index (χ3v) is 8.41. The summed E-state index contributed by atoms with van der Waals surface area (Å²) in [4.78, 5) is 18.9. The van der Waals surface area contributed by atoms with Crippen LogP contribution in [0.5, 0.6) is 0 Å². The predicted octanol–water partition coefficient (Wildman–Crippen LogP) is 5.52. The second kappa shape index (κ2) is 10.9. The van der Waals surface area contributed by atoms with Crippen molar-refractivity contribution in [1.82, 2.24) is 29.9 Å². The molecule has 1 unspecified atom stereocenters. The Morgan fingerprint density at radius 1 is 0.854 bits per heavy atom. The standard InChI is InChI=1S/C32H33FN8/c1-34-25-13-17-39(18-14-25)32-20-22(12-15-35-32)26-7-3-8-27(37-26)29-21-36-30-10-11-31(38-41(29)30)40-16-4-9-28(40)23-5-2-6-24(33)19-23/h2-3,5-8,10-12,15,19-21,25,28,34H,4,9,13-14,16-18H2,1H3. The molecular formula is C32H33FN8. The highest BCUT2D eigenvalue weighted by Crippen LogP contribution is 2.36. The number of rotatable bonds is 6. The van der Waals surface area contributed by atoms with Gasteiger partial charge in [0.25, 0.3) is 0 Å². The van der Waals surface area contributed by atoms with Gasteiger partial charge < -0.3 is 15.1 Å². The van der Waals surface area contributed by atoms with Crippen molar-refractivity contribution in [3.05, 3.63) is 90.5 Å². The van der Waals surface area contributed by atoms with Gasteiger partial charge in [0.15, 0.2) is 5.65 Å². The van der Waals surface area contributed by atoms with Crippen molar-refractivity contribution in [2.45, 2.75) is 37.8 Å². The fraction of sp³-hybridized carbons (Fsp3) is 0.312. The number of imidazole rings is 1. The number of nitrogens with one attached hydrogen (secondary N) is 1. The summed E-state index contributed by atoms with van der Waals surface area (Å²) in [6.07, 6.45) is 7.92. The van der Waals surface area contributed by atoms with Crippen LogP contribution in [0.15, 0.2) is 79.1 Å². The van der Waals surface area contributed by atoms with Crippen LogP contribution in [0.2, 0.25) is 0 Å². The molecule has 0 saturated carbocycles. The zero-order valence-corrected chi connectivity index (χ0v) is 23.1. The first-order valence-electron chi connectivity index (χ1n) is 14.4. The molecule has 0 spiro atoms. The molecule has 1 aromatic carbocycles. The molecule has 8 nitrogen and oxygen atoms in total. The summed E-state index contributed by atoms with van der Waals surface area (Å²) < 4.78 is 15.9. The Bertz CT molecular complexity index is 1680. The molecule has 6 heterocycles. The van der Waals surface area contributed by atoms with Crippen molar-refractivity contribution in [2.24, 2.45) is 0 Å². The lowest BCUT2D eigenvalue weighted by atomic mass is 10.0. The molecule has 4 aromatic heterocycles. The van der Waals surface area contributed by atoms with Gasteiger partial charge in [0.05, 0.1) is 23.6 Å². The zero-order chi connectivity index (χ0) is 27.8. The highest BCUT2D eigenvalue weighted by atomic mass is 19.1. The van der Waals surface area contributed by atoms with Crippen LogP contribution in [0, 0.1) is 5.82 Å². The Morgan fingerprint density at radius 3 is 2.56 bits per heavy atom. The molecule has 2 aliphatic heterocycles. The summed E-state index contributed by atoms with van der Waals surface area (Å²) in [6.45, 7) is 2.85. The molecule has 7 rings (SSSR count). The van der Waals surface area contributed by atoms with Gasteiger partial charge in [-0.25, -0.2) is 23.9 Å². The summed E-state index contributed by atoms with van der Waals surface area (Å²) in [6, 6.07) is 21.8. The van der Waals surface area contributed by atoms with E-state index in [1.807, 2.05) is 66.4 Å². The summed E-state index contributed by atoms with van der Waals surface area (Å²) in [5.74, 6) is 1.63. The second-order valence-electron chi connectivity index (χ2n) is 10.9. The minimum atomic E-state index is -0.208. The van der Waals surface area contributed by atoms with Gasteiger partial charge in [0.2, 0.25) is 0 Å². The molecule has 208 valence electrons. The number of piperidine rings is 1. The molecule has 0 amide bonds. The van der Waals surface area contributed by atoms with E-state index in [-0.39, 0.29) is 11.9 Å². The number of nitrogens with zero attached hydrogens (tertiary/aromatic N) is 7. The smallest absolute Gasteiger partial charge is 0.154 e. The van der Waals surface area contributed by atoms with Crippen LogP contribution in [0.4, 0.5) is 16.0 Å². The Morgan fingerprint density at radius 2 is 1.71 bits per heavy atom. The zero-order valence-electron chi connectivity index (χ0n) is 23.1. The van der Waals surface area contributed by atoms with Gasteiger partial charge in [0.1, 0.15) is 23.1 Å². The average molecular weight is 549 g/mol. The highest BCUT2D eigenvalue weighted by molar-refractivity contribution is 5.68. The van der Waals surface area contributed by atoms with Crippen LogP contribution in [0.1, 0.15) is 37.3 Å². The van der Waals surface area contributed by atoms with Gasteiger partial charge in [-0.1, -0.05) is 18.2 Å². The number of pyridine rings is 2. The molecule has 0 aliphatic carbocycles. The van der Waals surface area contributed by atoms with Crippen LogP contribution < -0.4 is 15.1 Å². The topological polar surface area (TPSA) is 74.5 Å². The maximum absolute atomic E-state index is 14.0. The number of hydrogen-bond acceptors (Lipinski definition) is 7.